The summed E-state index contributed by atoms with van der Waals surface area (Å²) in [5.74, 6) is 1.43. The third kappa shape index (κ3) is 4.35. The van der Waals surface area contributed by atoms with E-state index >= 15 is 0 Å². The van der Waals surface area contributed by atoms with Crippen molar-refractivity contribution in [1.82, 2.24) is 5.32 Å². The van der Waals surface area contributed by atoms with Crippen LogP contribution in [0.1, 0.15) is 19.4 Å². The molecule has 0 saturated carbocycles. The van der Waals surface area contributed by atoms with Gasteiger partial charge in [-0.2, -0.15) is 0 Å². The minimum Gasteiger partial charge on any atom is -0.319 e. The van der Waals surface area contributed by atoms with Gasteiger partial charge in [0.15, 0.2) is 0 Å². The van der Waals surface area contributed by atoms with Gasteiger partial charge in [-0.1, -0.05) is 41.9 Å². The molecule has 1 nitrogen and oxygen atoms in total. The first-order valence-electron chi connectivity index (χ1n) is 5.52. The van der Waals surface area contributed by atoms with Crippen LogP contribution in [-0.2, 0) is 6.42 Å². The first-order valence-corrected chi connectivity index (χ1v) is 6.31. The molecule has 0 aliphatic carbocycles. The summed E-state index contributed by atoms with van der Waals surface area (Å²) < 4.78 is 1.17. The van der Waals surface area contributed by atoms with E-state index in [0.29, 0.717) is 11.8 Å². The van der Waals surface area contributed by atoms with Gasteiger partial charge in [0.05, 0.1) is 0 Å². The maximum atomic E-state index is 3.51. The highest BCUT2D eigenvalue weighted by atomic mass is 79.9. The summed E-state index contributed by atoms with van der Waals surface area (Å²) in [4.78, 5) is 0. The highest BCUT2D eigenvalue weighted by Crippen LogP contribution is 2.19. The third-order valence-electron chi connectivity index (χ3n) is 2.94. The highest BCUT2D eigenvalue weighted by molar-refractivity contribution is 9.10. The molecule has 0 amide bonds. The molecule has 0 aliphatic heterocycles. The Balaban J connectivity index is 2.54. The molecule has 0 aliphatic rings. The van der Waals surface area contributed by atoms with E-state index in [-0.39, 0.29) is 0 Å². The molecule has 0 radical (unpaired) electrons. The normalized spacial score (nSPS) is 14.9. The summed E-state index contributed by atoms with van der Waals surface area (Å²) in [5.41, 5.74) is 1.42. The summed E-state index contributed by atoms with van der Waals surface area (Å²) in [6, 6.07) is 8.59. The lowest BCUT2D eigenvalue weighted by atomic mass is 9.90. The first-order chi connectivity index (χ1) is 7.13. The molecule has 0 bridgehead atoms. The summed E-state index contributed by atoms with van der Waals surface area (Å²) in [7, 11) is 2.02. The fourth-order valence-corrected chi connectivity index (χ4v) is 2.21. The fourth-order valence-electron chi connectivity index (χ4n) is 1.76. The number of hydrogen-bond donors (Lipinski definition) is 1. The van der Waals surface area contributed by atoms with Gasteiger partial charge < -0.3 is 5.32 Å². The zero-order valence-electron chi connectivity index (χ0n) is 9.76. The van der Waals surface area contributed by atoms with E-state index in [1.807, 2.05) is 7.05 Å². The Hall–Kier alpha value is -0.340. The van der Waals surface area contributed by atoms with E-state index in [0.717, 1.165) is 13.0 Å². The Morgan fingerprint density at radius 1 is 1.27 bits per heavy atom. The Bertz CT molecular complexity index is 298. The largest absolute Gasteiger partial charge is 0.319 e. The van der Waals surface area contributed by atoms with Crippen LogP contribution in [0.4, 0.5) is 0 Å². The summed E-state index contributed by atoms with van der Waals surface area (Å²) in [5, 5.41) is 3.24. The van der Waals surface area contributed by atoms with Crippen molar-refractivity contribution in [1.29, 1.82) is 0 Å². The standard InChI is InChI=1S/C13H20BrN/c1-10(11(2)9-15-3)7-12-5-4-6-13(14)8-12/h4-6,8,10-11,15H,7,9H2,1-3H3. The van der Waals surface area contributed by atoms with Crippen molar-refractivity contribution in [3.63, 3.8) is 0 Å². The number of rotatable bonds is 5. The van der Waals surface area contributed by atoms with E-state index in [4.69, 9.17) is 0 Å². The van der Waals surface area contributed by atoms with Gasteiger partial charge >= 0.3 is 0 Å². The molecular weight excluding hydrogens is 250 g/mol. The van der Waals surface area contributed by atoms with Crippen molar-refractivity contribution in [3.8, 4) is 0 Å². The monoisotopic (exact) mass is 269 g/mol. The maximum Gasteiger partial charge on any atom is 0.0177 e. The molecule has 0 fully saturated rings. The van der Waals surface area contributed by atoms with Crippen LogP contribution in [0.3, 0.4) is 0 Å². The second-order valence-electron chi connectivity index (χ2n) is 4.35. The van der Waals surface area contributed by atoms with Gasteiger partial charge in [0.1, 0.15) is 0 Å². The molecule has 1 N–H and O–H groups in total. The predicted molar refractivity (Wildman–Crippen MR) is 70.1 cm³/mol. The quantitative estimate of drug-likeness (QED) is 0.863. The smallest absolute Gasteiger partial charge is 0.0177 e. The van der Waals surface area contributed by atoms with Gasteiger partial charge in [0.25, 0.3) is 0 Å². The molecule has 15 heavy (non-hydrogen) atoms. The van der Waals surface area contributed by atoms with Crippen LogP contribution < -0.4 is 5.32 Å². The lowest BCUT2D eigenvalue weighted by Crippen LogP contribution is -2.23. The molecule has 84 valence electrons. The molecule has 1 rings (SSSR count). The first kappa shape index (κ1) is 12.7. The van der Waals surface area contributed by atoms with Crippen molar-refractivity contribution in [2.45, 2.75) is 20.3 Å². The summed E-state index contributed by atoms with van der Waals surface area (Å²) >= 11 is 3.51. The van der Waals surface area contributed by atoms with Crippen LogP contribution in [0.2, 0.25) is 0 Å². The number of hydrogen-bond acceptors (Lipinski definition) is 1. The van der Waals surface area contributed by atoms with E-state index in [9.17, 15) is 0 Å². The zero-order chi connectivity index (χ0) is 11.3. The van der Waals surface area contributed by atoms with Crippen LogP contribution in [0.15, 0.2) is 28.7 Å². The average Bonchev–Trinajstić information content (AvgIpc) is 2.18. The zero-order valence-corrected chi connectivity index (χ0v) is 11.3. The molecule has 0 saturated heterocycles. The molecule has 1 aromatic carbocycles. The van der Waals surface area contributed by atoms with Gasteiger partial charge in [0.2, 0.25) is 0 Å². The van der Waals surface area contributed by atoms with Crippen molar-refractivity contribution in [2.24, 2.45) is 11.8 Å². The third-order valence-corrected chi connectivity index (χ3v) is 3.44. The minimum absolute atomic E-state index is 0.715. The SMILES string of the molecule is CNCC(C)C(C)Cc1cccc(Br)c1. The Morgan fingerprint density at radius 3 is 2.60 bits per heavy atom. The second-order valence-corrected chi connectivity index (χ2v) is 5.26. The molecule has 2 unspecified atom stereocenters. The van der Waals surface area contributed by atoms with Crippen LogP contribution >= 0.6 is 15.9 Å². The Labute approximate surface area is 101 Å². The van der Waals surface area contributed by atoms with E-state index in [2.05, 4.69) is 59.4 Å². The van der Waals surface area contributed by atoms with Gasteiger partial charge in [-0.25, -0.2) is 0 Å². The number of halogens is 1. The van der Waals surface area contributed by atoms with Gasteiger partial charge in [-0.15, -0.1) is 0 Å². The van der Waals surface area contributed by atoms with E-state index in [1.165, 1.54) is 10.0 Å². The van der Waals surface area contributed by atoms with Crippen LogP contribution in [0.25, 0.3) is 0 Å². The lowest BCUT2D eigenvalue weighted by Gasteiger charge is -2.19. The summed E-state index contributed by atoms with van der Waals surface area (Å²) in [6.07, 6.45) is 1.16. The maximum absolute atomic E-state index is 3.51. The average molecular weight is 270 g/mol. The van der Waals surface area contributed by atoms with Crippen LogP contribution in [0.5, 0.6) is 0 Å². The van der Waals surface area contributed by atoms with Gasteiger partial charge in [0, 0.05) is 4.47 Å². The van der Waals surface area contributed by atoms with Crippen molar-refractivity contribution in [3.05, 3.63) is 34.3 Å². The molecule has 1 aromatic rings. The Morgan fingerprint density at radius 2 is 2.00 bits per heavy atom. The van der Waals surface area contributed by atoms with Gasteiger partial charge in [-0.05, 0) is 49.5 Å². The van der Waals surface area contributed by atoms with Crippen molar-refractivity contribution >= 4 is 15.9 Å². The predicted octanol–water partition coefficient (Wildman–Crippen LogP) is 3.48. The molecule has 0 spiro atoms. The molecular formula is C13H20BrN. The van der Waals surface area contributed by atoms with Crippen molar-refractivity contribution < 1.29 is 0 Å². The van der Waals surface area contributed by atoms with Crippen LogP contribution in [-0.4, -0.2) is 13.6 Å². The number of nitrogens with one attached hydrogen (secondary N) is 1. The second kappa shape index (κ2) is 6.29. The molecule has 2 heteroatoms. The topological polar surface area (TPSA) is 12.0 Å². The van der Waals surface area contributed by atoms with E-state index in [1.54, 1.807) is 0 Å². The summed E-state index contributed by atoms with van der Waals surface area (Å²) in [6.45, 7) is 5.72. The Kier molecular flexibility index (Phi) is 5.34. The lowest BCUT2D eigenvalue weighted by molar-refractivity contribution is 0.374. The molecule has 0 aromatic heterocycles. The highest BCUT2D eigenvalue weighted by Gasteiger charge is 2.11. The van der Waals surface area contributed by atoms with Crippen molar-refractivity contribution in [2.75, 3.05) is 13.6 Å². The van der Waals surface area contributed by atoms with E-state index < -0.39 is 0 Å². The number of benzene rings is 1. The molecule has 0 heterocycles. The van der Waals surface area contributed by atoms with Gasteiger partial charge in [-0.3, -0.25) is 0 Å². The minimum atomic E-state index is 0.715. The molecule has 2 atom stereocenters. The fraction of sp³-hybridized carbons (Fsp3) is 0.538. The van der Waals surface area contributed by atoms with Crippen LogP contribution in [0, 0.1) is 11.8 Å².